The zero-order valence-electron chi connectivity index (χ0n) is 15.8. The molecule has 0 radical (unpaired) electrons. The van der Waals surface area contributed by atoms with Gasteiger partial charge in [-0.25, -0.2) is 4.98 Å². The predicted octanol–water partition coefficient (Wildman–Crippen LogP) is 5.34. The Hall–Kier alpha value is -2.49. The van der Waals surface area contributed by atoms with E-state index in [1.165, 1.54) is 23.1 Å². The summed E-state index contributed by atoms with van der Waals surface area (Å²) in [6, 6.07) is 9.91. The van der Waals surface area contributed by atoms with Crippen LogP contribution in [0.5, 0.6) is 0 Å². The van der Waals surface area contributed by atoms with Crippen molar-refractivity contribution in [3.8, 4) is 10.8 Å². The molecule has 0 atom stereocenters. The molecule has 29 heavy (non-hydrogen) atoms. The molecule has 0 fully saturated rings. The van der Waals surface area contributed by atoms with Gasteiger partial charge < -0.3 is 9.73 Å². The molecule has 1 amide bonds. The van der Waals surface area contributed by atoms with Gasteiger partial charge in [-0.15, -0.1) is 32.9 Å². The van der Waals surface area contributed by atoms with Crippen LogP contribution in [0.15, 0.2) is 50.7 Å². The van der Waals surface area contributed by atoms with Crippen LogP contribution >= 0.6 is 34.4 Å². The molecule has 1 N–H and O–H groups in total. The molecule has 4 rings (SSSR count). The first kappa shape index (κ1) is 19.8. The van der Waals surface area contributed by atoms with Crippen molar-refractivity contribution >= 4 is 46.0 Å². The zero-order valence-corrected chi connectivity index (χ0v) is 18.3. The second-order valence-corrected chi connectivity index (χ2v) is 9.23. The molecule has 0 aliphatic heterocycles. The lowest BCUT2D eigenvalue weighted by molar-refractivity contribution is -0.115. The van der Waals surface area contributed by atoms with Gasteiger partial charge in [-0.3, -0.25) is 4.79 Å². The van der Waals surface area contributed by atoms with Gasteiger partial charge in [0.05, 0.1) is 17.0 Å². The number of hydrogen-bond donors (Lipinski definition) is 1. The highest BCUT2D eigenvalue weighted by atomic mass is 32.2. The number of aromatic nitrogens is 3. The van der Waals surface area contributed by atoms with Gasteiger partial charge in [0.15, 0.2) is 0 Å². The van der Waals surface area contributed by atoms with Crippen LogP contribution in [-0.2, 0) is 17.0 Å². The largest absolute Gasteiger partial charge is 0.410 e. The van der Waals surface area contributed by atoms with Crippen molar-refractivity contribution in [2.24, 2.45) is 0 Å². The molecule has 9 heteroatoms. The summed E-state index contributed by atoms with van der Waals surface area (Å²) in [4.78, 5) is 17.9. The number of thioether (sulfide) groups is 1. The molecule has 3 aromatic heterocycles. The fourth-order valence-electron chi connectivity index (χ4n) is 2.60. The standard InChI is InChI=1S/C20H18N4O2S3/c1-12-5-6-13(2)15(8-12)22-17(25)9-18-21-14(10-28-18)11-29-20-24-23-19(26-20)16-4-3-7-27-16/h3-8,10H,9,11H2,1-2H3,(H,22,25). The van der Waals surface area contributed by atoms with Crippen molar-refractivity contribution in [1.29, 1.82) is 0 Å². The summed E-state index contributed by atoms with van der Waals surface area (Å²) in [6.45, 7) is 3.99. The molecule has 148 valence electrons. The van der Waals surface area contributed by atoms with Crippen LogP contribution < -0.4 is 5.32 Å². The van der Waals surface area contributed by atoms with Gasteiger partial charge in [0.2, 0.25) is 5.91 Å². The van der Waals surface area contributed by atoms with Crippen LogP contribution in [0, 0.1) is 13.8 Å². The minimum Gasteiger partial charge on any atom is -0.410 e. The summed E-state index contributed by atoms with van der Waals surface area (Å²) >= 11 is 4.48. The summed E-state index contributed by atoms with van der Waals surface area (Å²) in [5.74, 6) is 1.08. The summed E-state index contributed by atoms with van der Waals surface area (Å²) in [7, 11) is 0. The molecular weight excluding hydrogens is 424 g/mol. The van der Waals surface area contributed by atoms with Crippen molar-refractivity contribution < 1.29 is 9.21 Å². The van der Waals surface area contributed by atoms with Gasteiger partial charge in [-0.2, -0.15) is 0 Å². The normalized spacial score (nSPS) is 11.0. The zero-order chi connectivity index (χ0) is 20.2. The molecule has 0 saturated carbocycles. The second kappa shape index (κ2) is 8.89. The van der Waals surface area contributed by atoms with Gasteiger partial charge in [-0.05, 0) is 42.5 Å². The third kappa shape index (κ3) is 5.11. The molecule has 1 aromatic carbocycles. The number of thiophene rings is 1. The smallest absolute Gasteiger partial charge is 0.277 e. The Labute approximate surface area is 180 Å². The SMILES string of the molecule is Cc1ccc(C)c(NC(=O)Cc2nc(CSc3nnc(-c4cccs4)o3)cs2)c1. The van der Waals surface area contributed by atoms with E-state index in [1.54, 1.807) is 11.3 Å². The van der Waals surface area contributed by atoms with Crippen LogP contribution in [0.3, 0.4) is 0 Å². The number of benzene rings is 1. The molecule has 0 unspecified atom stereocenters. The van der Waals surface area contributed by atoms with Gasteiger partial charge >= 0.3 is 0 Å². The van der Waals surface area contributed by atoms with Crippen molar-refractivity contribution in [2.45, 2.75) is 31.2 Å². The van der Waals surface area contributed by atoms with Crippen molar-refractivity contribution in [1.82, 2.24) is 15.2 Å². The number of thiazole rings is 1. The molecule has 0 bridgehead atoms. The molecular formula is C20H18N4O2S3. The van der Waals surface area contributed by atoms with Crippen molar-refractivity contribution in [3.63, 3.8) is 0 Å². The highest BCUT2D eigenvalue weighted by Crippen LogP contribution is 2.28. The lowest BCUT2D eigenvalue weighted by Crippen LogP contribution is -2.15. The highest BCUT2D eigenvalue weighted by Gasteiger charge is 2.13. The minimum absolute atomic E-state index is 0.0651. The maximum atomic E-state index is 12.4. The summed E-state index contributed by atoms with van der Waals surface area (Å²) in [6.07, 6.45) is 0.256. The third-order valence-corrected chi connectivity index (χ3v) is 6.67. The molecule has 0 saturated heterocycles. The minimum atomic E-state index is -0.0651. The van der Waals surface area contributed by atoms with Crippen molar-refractivity contribution in [2.75, 3.05) is 5.32 Å². The number of amides is 1. The molecule has 3 heterocycles. The number of hydrogen-bond acceptors (Lipinski definition) is 8. The molecule has 6 nitrogen and oxygen atoms in total. The second-order valence-electron chi connectivity index (χ2n) is 6.42. The van der Waals surface area contributed by atoms with Gasteiger partial charge in [0.1, 0.15) is 5.01 Å². The molecule has 4 aromatic rings. The Morgan fingerprint density at radius 2 is 2.10 bits per heavy atom. The quantitative estimate of drug-likeness (QED) is 0.389. The number of nitrogens with zero attached hydrogens (tertiary/aromatic N) is 3. The first-order valence-electron chi connectivity index (χ1n) is 8.87. The number of anilines is 1. The fraction of sp³-hybridized carbons (Fsp3) is 0.200. The van der Waals surface area contributed by atoms with E-state index in [2.05, 4.69) is 20.5 Å². The lowest BCUT2D eigenvalue weighted by atomic mass is 10.1. The molecule has 0 aliphatic rings. The summed E-state index contributed by atoms with van der Waals surface area (Å²) in [5, 5.41) is 16.3. The number of nitrogens with one attached hydrogen (secondary N) is 1. The first-order chi connectivity index (χ1) is 14.1. The lowest BCUT2D eigenvalue weighted by Gasteiger charge is -2.08. The average molecular weight is 443 g/mol. The Kier molecular flexibility index (Phi) is 6.08. The van der Waals surface area contributed by atoms with Crippen LogP contribution in [0.2, 0.25) is 0 Å². The Morgan fingerprint density at radius 1 is 1.21 bits per heavy atom. The number of carbonyl (C=O) groups is 1. The average Bonchev–Trinajstić information content (AvgIpc) is 3.44. The van der Waals surface area contributed by atoms with E-state index in [0.717, 1.165) is 32.4 Å². The summed E-state index contributed by atoms with van der Waals surface area (Å²) in [5.41, 5.74) is 3.90. The van der Waals surface area contributed by atoms with E-state index in [0.29, 0.717) is 16.9 Å². The van der Waals surface area contributed by atoms with E-state index >= 15 is 0 Å². The van der Waals surface area contributed by atoms with E-state index < -0.39 is 0 Å². The fourth-order valence-corrected chi connectivity index (χ4v) is 4.80. The molecule has 0 aliphatic carbocycles. The predicted molar refractivity (Wildman–Crippen MR) is 118 cm³/mol. The van der Waals surface area contributed by atoms with Crippen LogP contribution in [0.1, 0.15) is 21.8 Å². The number of rotatable bonds is 7. The van der Waals surface area contributed by atoms with Crippen molar-refractivity contribution in [3.05, 3.63) is 62.9 Å². The monoisotopic (exact) mass is 442 g/mol. The Morgan fingerprint density at radius 3 is 2.93 bits per heavy atom. The van der Waals surface area contributed by atoms with Gasteiger partial charge in [0.25, 0.3) is 11.1 Å². The van der Waals surface area contributed by atoms with E-state index in [-0.39, 0.29) is 12.3 Å². The van der Waals surface area contributed by atoms with Gasteiger partial charge in [0, 0.05) is 16.8 Å². The van der Waals surface area contributed by atoms with Crippen LogP contribution in [0.25, 0.3) is 10.8 Å². The van der Waals surface area contributed by atoms with Gasteiger partial charge in [-0.1, -0.05) is 30.0 Å². The summed E-state index contributed by atoms with van der Waals surface area (Å²) < 4.78 is 5.67. The Balaban J connectivity index is 1.31. The number of aryl methyl sites for hydroxylation is 2. The van der Waals surface area contributed by atoms with Crippen LogP contribution in [0.4, 0.5) is 5.69 Å². The van der Waals surface area contributed by atoms with E-state index in [4.69, 9.17) is 4.42 Å². The maximum absolute atomic E-state index is 12.4. The first-order valence-corrected chi connectivity index (χ1v) is 11.6. The van der Waals surface area contributed by atoms with E-state index in [1.807, 2.05) is 54.9 Å². The molecule has 0 spiro atoms. The van der Waals surface area contributed by atoms with Crippen LogP contribution in [-0.4, -0.2) is 21.1 Å². The third-order valence-electron chi connectivity index (χ3n) is 4.06. The van der Waals surface area contributed by atoms with E-state index in [9.17, 15) is 4.79 Å². The highest BCUT2D eigenvalue weighted by molar-refractivity contribution is 7.98. The topological polar surface area (TPSA) is 80.9 Å². The maximum Gasteiger partial charge on any atom is 0.277 e. The Bertz CT molecular complexity index is 1120. The number of carbonyl (C=O) groups excluding carboxylic acids is 1.